The maximum atomic E-state index is 11.8. The van der Waals surface area contributed by atoms with Gasteiger partial charge in [-0.15, -0.1) is 0 Å². The number of esters is 2. The molecule has 120 valence electrons. The van der Waals surface area contributed by atoms with Crippen LogP contribution in [0.1, 0.15) is 47.4 Å². The second-order valence-electron chi connectivity index (χ2n) is 4.73. The Morgan fingerprint density at radius 3 is 1.95 bits per heavy atom. The first-order valence-corrected chi connectivity index (χ1v) is 7.16. The van der Waals surface area contributed by atoms with E-state index in [1.165, 1.54) is 31.4 Å². The molecule has 1 aromatic carbocycles. The molecule has 6 heteroatoms. The molecule has 1 amide bonds. The van der Waals surface area contributed by atoms with E-state index >= 15 is 0 Å². The topological polar surface area (TPSA) is 81.7 Å². The number of hydrogen-bond acceptors (Lipinski definition) is 5. The molecule has 0 atom stereocenters. The smallest absolute Gasteiger partial charge is 0.338 e. The number of rotatable bonds is 7. The van der Waals surface area contributed by atoms with E-state index in [0.717, 1.165) is 12.8 Å². The lowest BCUT2D eigenvalue weighted by molar-refractivity contribution is -0.125. The van der Waals surface area contributed by atoms with Crippen molar-refractivity contribution in [2.75, 3.05) is 13.7 Å². The maximum Gasteiger partial charge on any atom is 0.338 e. The summed E-state index contributed by atoms with van der Waals surface area (Å²) in [5.41, 5.74) is 0.605. The van der Waals surface area contributed by atoms with E-state index in [-0.39, 0.29) is 24.1 Å². The molecule has 0 spiro atoms. The van der Waals surface area contributed by atoms with E-state index in [0.29, 0.717) is 5.56 Å². The van der Waals surface area contributed by atoms with E-state index in [2.05, 4.69) is 10.1 Å². The summed E-state index contributed by atoms with van der Waals surface area (Å²) in [5.74, 6) is -1.42. The Balaban J connectivity index is 2.52. The van der Waals surface area contributed by atoms with Gasteiger partial charge < -0.3 is 14.8 Å². The predicted octanol–water partition coefficient (Wildman–Crippen LogP) is 1.93. The predicted molar refractivity (Wildman–Crippen MR) is 80.6 cm³/mol. The van der Waals surface area contributed by atoms with Gasteiger partial charge in [0.2, 0.25) is 0 Å². The van der Waals surface area contributed by atoms with Gasteiger partial charge in [0, 0.05) is 6.04 Å². The number of methoxy groups -OCH3 is 1. The van der Waals surface area contributed by atoms with E-state index in [4.69, 9.17) is 4.74 Å². The fourth-order valence-electron chi connectivity index (χ4n) is 1.84. The van der Waals surface area contributed by atoms with Gasteiger partial charge in [0.1, 0.15) is 0 Å². The zero-order valence-corrected chi connectivity index (χ0v) is 13.0. The minimum atomic E-state index is -0.615. The summed E-state index contributed by atoms with van der Waals surface area (Å²) in [4.78, 5) is 34.7. The van der Waals surface area contributed by atoms with Crippen molar-refractivity contribution in [3.8, 4) is 0 Å². The average Bonchev–Trinajstić information content (AvgIpc) is 2.56. The number of carbonyl (C=O) groups excluding carboxylic acids is 3. The Kier molecular flexibility index (Phi) is 7.08. The number of amides is 1. The highest BCUT2D eigenvalue weighted by Gasteiger charge is 2.13. The Morgan fingerprint density at radius 2 is 1.50 bits per heavy atom. The Hall–Kier alpha value is -2.37. The summed E-state index contributed by atoms with van der Waals surface area (Å²) in [5, 5.41) is 2.78. The molecule has 0 bridgehead atoms. The molecule has 0 aliphatic heterocycles. The van der Waals surface area contributed by atoms with Crippen molar-refractivity contribution in [1.82, 2.24) is 5.32 Å². The molecule has 0 heterocycles. The van der Waals surface area contributed by atoms with Crippen LogP contribution in [0.3, 0.4) is 0 Å². The summed E-state index contributed by atoms with van der Waals surface area (Å²) < 4.78 is 9.50. The molecule has 0 unspecified atom stereocenters. The fourth-order valence-corrected chi connectivity index (χ4v) is 1.84. The molecular formula is C16H21NO5. The molecule has 0 radical (unpaired) electrons. The van der Waals surface area contributed by atoms with E-state index < -0.39 is 11.9 Å². The highest BCUT2D eigenvalue weighted by Crippen LogP contribution is 2.07. The molecule has 1 aromatic rings. The largest absolute Gasteiger partial charge is 0.465 e. The van der Waals surface area contributed by atoms with Crippen molar-refractivity contribution in [3.05, 3.63) is 35.4 Å². The first kappa shape index (κ1) is 17.7. The van der Waals surface area contributed by atoms with Crippen molar-refractivity contribution in [3.63, 3.8) is 0 Å². The van der Waals surface area contributed by atoms with E-state index in [9.17, 15) is 14.4 Å². The van der Waals surface area contributed by atoms with E-state index in [1.807, 2.05) is 13.8 Å². The first-order valence-electron chi connectivity index (χ1n) is 7.16. The highest BCUT2D eigenvalue weighted by molar-refractivity contribution is 5.94. The van der Waals surface area contributed by atoms with Gasteiger partial charge in [0.25, 0.3) is 5.91 Å². The molecule has 0 saturated heterocycles. The third-order valence-corrected chi connectivity index (χ3v) is 3.23. The van der Waals surface area contributed by atoms with Gasteiger partial charge in [0.15, 0.2) is 6.61 Å². The molecule has 1 N–H and O–H groups in total. The Labute approximate surface area is 129 Å². The number of benzene rings is 1. The molecule has 0 fully saturated rings. The van der Waals surface area contributed by atoms with Crippen molar-refractivity contribution in [2.45, 2.75) is 32.7 Å². The minimum absolute atomic E-state index is 0.0885. The van der Waals surface area contributed by atoms with Gasteiger partial charge >= 0.3 is 11.9 Å². The third-order valence-electron chi connectivity index (χ3n) is 3.23. The summed E-state index contributed by atoms with van der Waals surface area (Å²) in [6.45, 7) is 3.63. The number of carbonyl (C=O) groups is 3. The van der Waals surface area contributed by atoms with Crippen LogP contribution in [0.5, 0.6) is 0 Å². The van der Waals surface area contributed by atoms with Gasteiger partial charge in [-0.05, 0) is 37.1 Å². The average molecular weight is 307 g/mol. The van der Waals surface area contributed by atoms with Crippen LogP contribution in [-0.4, -0.2) is 37.6 Å². The van der Waals surface area contributed by atoms with Gasteiger partial charge in [-0.25, -0.2) is 9.59 Å². The summed E-state index contributed by atoms with van der Waals surface area (Å²) >= 11 is 0. The quantitative estimate of drug-likeness (QED) is 0.778. The van der Waals surface area contributed by atoms with Gasteiger partial charge in [-0.3, -0.25) is 4.79 Å². The molecular weight excluding hydrogens is 286 g/mol. The van der Waals surface area contributed by atoms with Crippen LogP contribution in [-0.2, 0) is 14.3 Å². The minimum Gasteiger partial charge on any atom is -0.465 e. The Morgan fingerprint density at radius 1 is 1.00 bits per heavy atom. The van der Waals surface area contributed by atoms with E-state index in [1.54, 1.807) is 0 Å². The van der Waals surface area contributed by atoms with Crippen LogP contribution >= 0.6 is 0 Å². The van der Waals surface area contributed by atoms with Gasteiger partial charge in [-0.2, -0.15) is 0 Å². The monoisotopic (exact) mass is 307 g/mol. The van der Waals surface area contributed by atoms with Crippen LogP contribution in [0.2, 0.25) is 0 Å². The highest BCUT2D eigenvalue weighted by atomic mass is 16.5. The lowest BCUT2D eigenvalue weighted by atomic mass is 10.1. The van der Waals surface area contributed by atoms with Crippen LogP contribution in [0.15, 0.2) is 24.3 Å². The molecule has 0 saturated carbocycles. The first-order chi connectivity index (χ1) is 10.5. The summed E-state index contributed by atoms with van der Waals surface area (Å²) in [6, 6.07) is 5.92. The summed E-state index contributed by atoms with van der Waals surface area (Å²) in [6.07, 6.45) is 1.65. The zero-order valence-electron chi connectivity index (χ0n) is 13.0. The second-order valence-corrected chi connectivity index (χ2v) is 4.73. The van der Waals surface area contributed by atoms with Crippen molar-refractivity contribution in [1.29, 1.82) is 0 Å². The van der Waals surface area contributed by atoms with Crippen LogP contribution in [0.25, 0.3) is 0 Å². The van der Waals surface area contributed by atoms with Crippen molar-refractivity contribution < 1.29 is 23.9 Å². The third kappa shape index (κ3) is 5.20. The zero-order chi connectivity index (χ0) is 16.5. The summed E-state index contributed by atoms with van der Waals surface area (Å²) in [7, 11) is 1.28. The Bertz CT molecular complexity index is 520. The van der Waals surface area contributed by atoms with Gasteiger partial charge in [-0.1, -0.05) is 13.8 Å². The normalized spacial score (nSPS) is 10.2. The van der Waals surface area contributed by atoms with Crippen molar-refractivity contribution >= 4 is 17.8 Å². The molecule has 0 aromatic heterocycles. The lowest BCUT2D eigenvalue weighted by Crippen LogP contribution is -2.36. The maximum absolute atomic E-state index is 11.8. The number of hydrogen-bond donors (Lipinski definition) is 1. The molecule has 0 aliphatic rings. The SMILES string of the molecule is CCC(CC)NC(=O)COC(=O)c1ccc(C(=O)OC)cc1. The molecule has 6 nitrogen and oxygen atoms in total. The second kappa shape index (κ2) is 8.81. The molecule has 22 heavy (non-hydrogen) atoms. The van der Waals surface area contributed by atoms with Crippen LogP contribution in [0, 0.1) is 0 Å². The van der Waals surface area contributed by atoms with Gasteiger partial charge in [0.05, 0.1) is 18.2 Å². The van der Waals surface area contributed by atoms with Crippen molar-refractivity contribution in [2.24, 2.45) is 0 Å². The number of nitrogens with one attached hydrogen (secondary N) is 1. The molecule has 1 rings (SSSR count). The number of ether oxygens (including phenoxy) is 2. The van der Waals surface area contributed by atoms with Crippen LogP contribution < -0.4 is 5.32 Å². The molecule has 0 aliphatic carbocycles. The lowest BCUT2D eigenvalue weighted by Gasteiger charge is -2.14. The fraction of sp³-hybridized carbons (Fsp3) is 0.438. The standard InChI is InChI=1S/C16H21NO5/c1-4-13(5-2)17-14(18)10-22-16(20)12-8-6-11(7-9-12)15(19)21-3/h6-9,13H,4-5,10H2,1-3H3,(H,17,18). The van der Waals surface area contributed by atoms with Crippen LogP contribution in [0.4, 0.5) is 0 Å².